The van der Waals surface area contributed by atoms with E-state index in [1.165, 1.54) is 6.08 Å². The quantitative estimate of drug-likeness (QED) is 0.416. The molecule has 1 aromatic carbocycles. The average Bonchev–Trinajstić information content (AvgIpc) is 2.89. The Morgan fingerprint density at radius 3 is 2.81 bits per heavy atom. The summed E-state index contributed by atoms with van der Waals surface area (Å²) in [4.78, 5) is 25.1. The summed E-state index contributed by atoms with van der Waals surface area (Å²) in [6.07, 6.45) is 3.15. The summed E-state index contributed by atoms with van der Waals surface area (Å²) in [6.45, 7) is 1.98. The van der Waals surface area contributed by atoms with Crippen molar-refractivity contribution in [3.63, 3.8) is 0 Å². The lowest BCUT2D eigenvalue weighted by Crippen LogP contribution is -2.11. The maximum Gasteiger partial charge on any atom is 0.347 e. The molecule has 2 heterocycles. The van der Waals surface area contributed by atoms with E-state index < -0.39 is 5.63 Å². The van der Waals surface area contributed by atoms with E-state index in [1.807, 2.05) is 30.5 Å². The van der Waals surface area contributed by atoms with Gasteiger partial charge in [-0.05, 0) is 48.2 Å². The Labute approximate surface area is 125 Å². The second-order valence-corrected chi connectivity index (χ2v) is 5.60. The molecule has 2 aromatic heterocycles. The van der Waals surface area contributed by atoms with Gasteiger partial charge in [0, 0.05) is 10.3 Å². The number of para-hydroxylation sites is 1. The molecule has 0 atom stereocenters. The lowest BCUT2D eigenvalue weighted by molar-refractivity contribution is 0.104. The normalized spacial score (nSPS) is 11.3. The predicted octanol–water partition coefficient (Wildman–Crippen LogP) is 4.06. The van der Waals surface area contributed by atoms with Crippen LogP contribution in [0, 0.1) is 6.92 Å². The fourth-order valence-electron chi connectivity index (χ4n) is 2.03. The molecule has 0 aliphatic carbocycles. The maximum absolute atomic E-state index is 12.2. The van der Waals surface area contributed by atoms with Gasteiger partial charge in [0.05, 0.1) is 0 Å². The average molecular weight is 296 g/mol. The molecule has 0 bridgehead atoms. The van der Waals surface area contributed by atoms with Gasteiger partial charge in [0.2, 0.25) is 0 Å². The minimum absolute atomic E-state index is 0.0548. The van der Waals surface area contributed by atoms with E-state index in [0.717, 1.165) is 15.8 Å². The Balaban J connectivity index is 1.98. The molecular weight excluding hydrogens is 284 g/mol. The molecule has 0 fully saturated rings. The van der Waals surface area contributed by atoms with Crippen molar-refractivity contribution in [2.45, 2.75) is 6.92 Å². The molecule has 0 unspecified atom stereocenters. The van der Waals surface area contributed by atoms with Gasteiger partial charge < -0.3 is 4.42 Å². The monoisotopic (exact) mass is 296 g/mol. The van der Waals surface area contributed by atoms with Crippen LogP contribution in [0.5, 0.6) is 0 Å². The Bertz CT molecular complexity index is 900. The van der Waals surface area contributed by atoms with Crippen molar-refractivity contribution in [1.29, 1.82) is 0 Å². The van der Waals surface area contributed by atoms with Crippen LogP contribution in [0.2, 0.25) is 0 Å². The third kappa shape index (κ3) is 2.71. The second-order valence-electron chi connectivity index (χ2n) is 4.65. The van der Waals surface area contributed by atoms with Crippen LogP contribution in [0.25, 0.3) is 17.0 Å². The standard InChI is InChI=1S/C17H12O3S/c1-11-8-9-21-16(11)7-6-14(18)13-10-12-4-2-3-5-15(12)20-17(13)19/h2-10H,1H3/b7-6+. The van der Waals surface area contributed by atoms with Gasteiger partial charge in [0.15, 0.2) is 5.78 Å². The number of thiophene rings is 1. The molecule has 0 saturated heterocycles. The zero-order valence-corrected chi connectivity index (χ0v) is 12.1. The summed E-state index contributed by atoms with van der Waals surface area (Å²) in [7, 11) is 0. The number of benzene rings is 1. The van der Waals surface area contributed by atoms with Crippen molar-refractivity contribution in [3.8, 4) is 0 Å². The van der Waals surface area contributed by atoms with Crippen molar-refractivity contribution in [2.24, 2.45) is 0 Å². The number of fused-ring (bicyclic) bond motifs is 1. The predicted molar refractivity (Wildman–Crippen MR) is 84.9 cm³/mol. The minimum atomic E-state index is -0.605. The summed E-state index contributed by atoms with van der Waals surface area (Å²) >= 11 is 1.55. The zero-order chi connectivity index (χ0) is 14.8. The molecule has 104 valence electrons. The van der Waals surface area contributed by atoms with Gasteiger partial charge in [-0.2, -0.15) is 0 Å². The number of aryl methyl sites for hydroxylation is 1. The van der Waals surface area contributed by atoms with Crippen LogP contribution in [0.4, 0.5) is 0 Å². The summed E-state index contributed by atoms with van der Waals surface area (Å²) in [5, 5.41) is 2.70. The summed E-state index contributed by atoms with van der Waals surface area (Å²) in [6, 6.07) is 10.7. The number of hydrogen-bond donors (Lipinski definition) is 0. The lowest BCUT2D eigenvalue weighted by atomic mass is 10.1. The van der Waals surface area contributed by atoms with E-state index in [2.05, 4.69) is 0 Å². The number of carbonyl (C=O) groups is 1. The topological polar surface area (TPSA) is 47.3 Å². The first kappa shape index (κ1) is 13.5. The summed E-state index contributed by atoms with van der Waals surface area (Å²) in [5.41, 5.74) is 1.04. The number of rotatable bonds is 3. The van der Waals surface area contributed by atoms with Crippen LogP contribution >= 0.6 is 11.3 Å². The molecule has 0 spiro atoms. The first-order chi connectivity index (χ1) is 10.1. The molecule has 4 heteroatoms. The smallest absolute Gasteiger partial charge is 0.347 e. The summed E-state index contributed by atoms with van der Waals surface area (Å²) in [5.74, 6) is -0.345. The molecule has 0 aliphatic heterocycles. The van der Waals surface area contributed by atoms with Gasteiger partial charge in [-0.1, -0.05) is 18.2 Å². The van der Waals surface area contributed by atoms with Crippen LogP contribution < -0.4 is 5.63 Å². The first-order valence-electron chi connectivity index (χ1n) is 6.44. The number of carbonyl (C=O) groups excluding carboxylic acids is 1. The zero-order valence-electron chi connectivity index (χ0n) is 11.3. The van der Waals surface area contributed by atoms with E-state index >= 15 is 0 Å². The van der Waals surface area contributed by atoms with Crippen LogP contribution in [-0.2, 0) is 0 Å². The Morgan fingerprint density at radius 1 is 1.24 bits per heavy atom. The van der Waals surface area contributed by atoms with Gasteiger partial charge in [-0.25, -0.2) is 4.79 Å². The number of allylic oxidation sites excluding steroid dienone is 1. The molecule has 3 nitrogen and oxygen atoms in total. The fraction of sp³-hybridized carbons (Fsp3) is 0.0588. The van der Waals surface area contributed by atoms with Crippen molar-refractivity contribution in [3.05, 3.63) is 74.3 Å². The Hall–Kier alpha value is -2.46. The van der Waals surface area contributed by atoms with Gasteiger partial charge in [0.1, 0.15) is 11.1 Å². The molecule has 0 N–H and O–H groups in total. The van der Waals surface area contributed by atoms with Crippen LogP contribution in [0.15, 0.2) is 57.1 Å². The highest BCUT2D eigenvalue weighted by Gasteiger charge is 2.11. The Morgan fingerprint density at radius 2 is 2.05 bits per heavy atom. The molecular formula is C17H12O3S. The van der Waals surface area contributed by atoms with E-state index in [-0.39, 0.29) is 11.3 Å². The highest BCUT2D eigenvalue weighted by molar-refractivity contribution is 7.11. The van der Waals surface area contributed by atoms with Crippen molar-refractivity contribution in [2.75, 3.05) is 0 Å². The highest BCUT2D eigenvalue weighted by atomic mass is 32.1. The minimum Gasteiger partial charge on any atom is -0.422 e. The van der Waals surface area contributed by atoms with Crippen LogP contribution in [-0.4, -0.2) is 5.78 Å². The van der Waals surface area contributed by atoms with E-state index in [1.54, 1.807) is 35.6 Å². The SMILES string of the molecule is Cc1ccsc1/C=C/C(=O)c1cc2ccccc2oc1=O. The molecule has 0 radical (unpaired) electrons. The third-order valence-electron chi connectivity index (χ3n) is 3.19. The largest absolute Gasteiger partial charge is 0.422 e. The molecule has 21 heavy (non-hydrogen) atoms. The van der Waals surface area contributed by atoms with Gasteiger partial charge >= 0.3 is 5.63 Å². The fourth-order valence-corrected chi connectivity index (χ4v) is 2.85. The number of ketones is 1. The van der Waals surface area contributed by atoms with Gasteiger partial charge in [0.25, 0.3) is 0 Å². The van der Waals surface area contributed by atoms with E-state index in [9.17, 15) is 9.59 Å². The number of hydrogen-bond acceptors (Lipinski definition) is 4. The van der Waals surface area contributed by atoms with E-state index in [0.29, 0.717) is 5.58 Å². The molecule has 0 amide bonds. The van der Waals surface area contributed by atoms with Gasteiger partial charge in [-0.15, -0.1) is 11.3 Å². The van der Waals surface area contributed by atoms with Crippen LogP contribution in [0.3, 0.4) is 0 Å². The van der Waals surface area contributed by atoms with Crippen molar-refractivity contribution < 1.29 is 9.21 Å². The van der Waals surface area contributed by atoms with Gasteiger partial charge in [-0.3, -0.25) is 4.79 Å². The lowest BCUT2D eigenvalue weighted by Gasteiger charge is -1.98. The summed E-state index contributed by atoms with van der Waals surface area (Å²) < 4.78 is 5.17. The van der Waals surface area contributed by atoms with Crippen LogP contribution in [0.1, 0.15) is 20.8 Å². The molecule has 3 aromatic rings. The first-order valence-corrected chi connectivity index (χ1v) is 7.32. The molecule has 0 saturated carbocycles. The highest BCUT2D eigenvalue weighted by Crippen LogP contribution is 2.18. The third-order valence-corrected chi connectivity index (χ3v) is 4.18. The Kier molecular flexibility index (Phi) is 3.54. The molecule has 3 rings (SSSR count). The van der Waals surface area contributed by atoms with Crippen molar-refractivity contribution in [1.82, 2.24) is 0 Å². The molecule has 0 aliphatic rings. The maximum atomic E-state index is 12.2. The second kappa shape index (κ2) is 5.50. The van der Waals surface area contributed by atoms with E-state index in [4.69, 9.17) is 4.42 Å². The van der Waals surface area contributed by atoms with Crippen molar-refractivity contribution >= 4 is 34.2 Å².